The van der Waals surface area contributed by atoms with Crippen LogP contribution in [0.1, 0.15) is 22.4 Å². The normalized spacial score (nSPS) is 21.5. The van der Waals surface area contributed by atoms with E-state index in [2.05, 4.69) is 5.32 Å². The van der Waals surface area contributed by atoms with Gasteiger partial charge in [-0.25, -0.2) is 0 Å². The van der Waals surface area contributed by atoms with E-state index in [0.29, 0.717) is 26.1 Å². The van der Waals surface area contributed by atoms with Crippen LogP contribution in [0.25, 0.3) is 0 Å². The molecule has 3 rings (SSSR count). The van der Waals surface area contributed by atoms with Crippen molar-refractivity contribution in [2.24, 2.45) is 0 Å². The molecule has 2 heterocycles. The molecular weight excluding hydrogens is 308 g/mol. The number of aliphatic hydroxyl groups is 1. The van der Waals surface area contributed by atoms with Gasteiger partial charge in [0.15, 0.2) is 0 Å². The van der Waals surface area contributed by atoms with E-state index in [1.165, 1.54) is 0 Å². The number of carbonyl (C=O) groups is 1. The van der Waals surface area contributed by atoms with Gasteiger partial charge in [0, 0.05) is 18.0 Å². The molecule has 0 radical (unpaired) electrons. The van der Waals surface area contributed by atoms with Crippen molar-refractivity contribution in [3.63, 3.8) is 0 Å². The molecule has 4 nitrogen and oxygen atoms in total. The summed E-state index contributed by atoms with van der Waals surface area (Å²) in [5.74, 6) is 0.00688. The number of rotatable bonds is 5. The molecule has 23 heavy (non-hydrogen) atoms. The van der Waals surface area contributed by atoms with Gasteiger partial charge in [-0.15, -0.1) is 11.3 Å². The summed E-state index contributed by atoms with van der Waals surface area (Å²) in [6.07, 6.45) is 0.663. The van der Waals surface area contributed by atoms with Gasteiger partial charge in [-0.3, -0.25) is 9.69 Å². The summed E-state index contributed by atoms with van der Waals surface area (Å²) >= 11 is 1.64. The second kappa shape index (κ2) is 6.83. The van der Waals surface area contributed by atoms with E-state index in [1.807, 2.05) is 53.6 Å². The SMILES string of the molecule is Cc1ccccc1[C@]1(O)CCN(CC(=O)NCc2cccs2)C1. The number of likely N-dealkylation sites (tertiary alicyclic amines) is 1. The van der Waals surface area contributed by atoms with Crippen LogP contribution < -0.4 is 5.32 Å². The van der Waals surface area contributed by atoms with Crippen molar-refractivity contribution in [2.75, 3.05) is 19.6 Å². The number of hydrogen-bond donors (Lipinski definition) is 2. The lowest BCUT2D eigenvalue weighted by Gasteiger charge is -2.25. The number of nitrogens with one attached hydrogen (secondary N) is 1. The fourth-order valence-electron chi connectivity index (χ4n) is 3.18. The van der Waals surface area contributed by atoms with Crippen LogP contribution in [0.15, 0.2) is 41.8 Å². The molecule has 0 spiro atoms. The summed E-state index contributed by atoms with van der Waals surface area (Å²) in [7, 11) is 0. The third kappa shape index (κ3) is 3.80. The van der Waals surface area contributed by atoms with Gasteiger partial charge in [0.25, 0.3) is 0 Å². The fourth-order valence-corrected chi connectivity index (χ4v) is 3.82. The molecule has 1 saturated heterocycles. The van der Waals surface area contributed by atoms with E-state index in [4.69, 9.17) is 0 Å². The van der Waals surface area contributed by atoms with Crippen molar-refractivity contribution in [2.45, 2.75) is 25.5 Å². The van der Waals surface area contributed by atoms with Crippen LogP contribution in [0, 0.1) is 6.92 Å². The smallest absolute Gasteiger partial charge is 0.234 e. The molecule has 0 unspecified atom stereocenters. The molecule has 2 N–H and O–H groups in total. The van der Waals surface area contributed by atoms with E-state index in [-0.39, 0.29) is 5.91 Å². The Morgan fingerprint density at radius 3 is 2.91 bits per heavy atom. The Labute approximate surface area is 140 Å². The first-order valence-electron chi connectivity index (χ1n) is 7.87. The predicted octanol–water partition coefficient (Wildman–Crippen LogP) is 2.27. The molecular formula is C18H22N2O2S. The third-order valence-corrected chi connectivity index (χ3v) is 5.26. The van der Waals surface area contributed by atoms with E-state index in [0.717, 1.165) is 22.5 Å². The van der Waals surface area contributed by atoms with Crippen LogP contribution in [0.2, 0.25) is 0 Å². The standard InChI is InChI=1S/C18H22N2O2S/c1-14-5-2-3-7-16(14)18(22)8-9-20(13-18)12-17(21)19-11-15-6-4-10-23-15/h2-7,10,22H,8-9,11-13H2,1H3,(H,19,21)/t18-/m0/s1. The number of carbonyl (C=O) groups excluding carboxylic acids is 1. The summed E-state index contributed by atoms with van der Waals surface area (Å²) in [6, 6.07) is 11.9. The van der Waals surface area contributed by atoms with Crippen molar-refractivity contribution < 1.29 is 9.90 Å². The van der Waals surface area contributed by atoms with Gasteiger partial charge in [-0.1, -0.05) is 30.3 Å². The molecule has 0 saturated carbocycles. The van der Waals surface area contributed by atoms with Gasteiger partial charge < -0.3 is 10.4 Å². The monoisotopic (exact) mass is 330 g/mol. The van der Waals surface area contributed by atoms with Crippen LogP contribution >= 0.6 is 11.3 Å². The minimum atomic E-state index is -0.848. The van der Waals surface area contributed by atoms with E-state index < -0.39 is 5.60 Å². The van der Waals surface area contributed by atoms with Crippen molar-refractivity contribution in [3.05, 3.63) is 57.8 Å². The quantitative estimate of drug-likeness (QED) is 0.884. The average molecular weight is 330 g/mol. The van der Waals surface area contributed by atoms with Crippen molar-refractivity contribution >= 4 is 17.2 Å². The van der Waals surface area contributed by atoms with Crippen LogP contribution in [-0.2, 0) is 16.9 Å². The first kappa shape index (κ1) is 16.2. The maximum absolute atomic E-state index is 12.1. The lowest BCUT2D eigenvalue weighted by Crippen LogP contribution is -2.38. The van der Waals surface area contributed by atoms with Crippen LogP contribution in [0.4, 0.5) is 0 Å². The van der Waals surface area contributed by atoms with Crippen LogP contribution in [0.3, 0.4) is 0 Å². The summed E-state index contributed by atoms with van der Waals surface area (Å²) in [6.45, 7) is 4.16. The van der Waals surface area contributed by atoms with Crippen molar-refractivity contribution in [3.8, 4) is 0 Å². The van der Waals surface area contributed by atoms with Gasteiger partial charge in [0.1, 0.15) is 5.60 Å². The maximum Gasteiger partial charge on any atom is 0.234 e. The van der Waals surface area contributed by atoms with Crippen molar-refractivity contribution in [1.29, 1.82) is 0 Å². The molecule has 1 fully saturated rings. The predicted molar refractivity (Wildman–Crippen MR) is 92.3 cm³/mol. The third-order valence-electron chi connectivity index (χ3n) is 4.38. The lowest BCUT2D eigenvalue weighted by molar-refractivity contribution is -0.122. The second-order valence-corrected chi connectivity index (χ2v) is 7.20. The van der Waals surface area contributed by atoms with E-state index in [1.54, 1.807) is 11.3 Å². The molecule has 1 aromatic heterocycles. The van der Waals surface area contributed by atoms with Crippen LogP contribution in [0.5, 0.6) is 0 Å². The largest absolute Gasteiger partial charge is 0.384 e. The highest BCUT2D eigenvalue weighted by molar-refractivity contribution is 7.09. The van der Waals surface area contributed by atoms with Crippen molar-refractivity contribution in [1.82, 2.24) is 10.2 Å². The summed E-state index contributed by atoms with van der Waals surface area (Å²) in [5.41, 5.74) is 1.22. The molecule has 0 bridgehead atoms. The summed E-state index contributed by atoms with van der Waals surface area (Å²) in [4.78, 5) is 15.3. The molecule has 1 aromatic carbocycles. The number of amides is 1. The Hall–Kier alpha value is -1.69. The molecule has 2 aromatic rings. The lowest BCUT2D eigenvalue weighted by atomic mass is 9.89. The first-order chi connectivity index (χ1) is 11.1. The molecule has 0 aliphatic carbocycles. The molecule has 1 aliphatic rings. The summed E-state index contributed by atoms with van der Waals surface area (Å²) in [5, 5.41) is 15.9. The molecule has 1 aliphatic heterocycles. The molecule has 1 amide bonds. The minimum Gasteiger partial charge on any atom is -0.384 e. The highest BCUT2D eigenvalue weighted by atomic mass is 32.1. The van der Waals surface area contributed by atoms with E-state index >= 15 is 0 Å². The maximum atomic E-state index is 12.1. The Morgan fingerprint density at radius 1 is 1.35 bits per heavy atom. The fraction of sp³-hybridized carbons (Fsp3) is 0.389. The number of hydrogen-bond acceptors (Lipinski definition) is 4. The van der Waals surface area contributed by atoms with Gasteiger partial charge in [-0.2, -0.15) is 0 Å². The minimum absolute atomic E-state index is 0.00688. The topological polar surface area (TPSA) is 52.6 Å². The Kier molecular flexibility index (Phi) is 4.80. The Balaban J connectivity index is 1.55. The molecule has 1 atom stereocenters. The summed E-state index contributed by atoms with van der Waals surface area (Å²) < 4.78 is 0. The highest BCUT2D eigenvalue weighted by Crippen LogP contribution is 2.33. The number of aryl methyl sites for hydroxylation is 1. The Bertz CT molecular complexity index is 671. The molecule has 122 valence electrons. The van der Waals surface area contributed by atoms with Gasteiger partial charge in [-0.05, 0) is 35.9 Å². The van der Waals surface area contributed by atoms with E-state index in [9.17, 15) is 9.90 Å². The van der Waals surface area contributed by atoms with Gasteiger partial charge in [0.2, 0.25) is 5.91 Å². The Morgan fingerprint density at radius 2 is 2.17 bits per heavy atom. The molecule has 5 heteroatoms. The number of nitrogens with zero attached hydrogens (tertiary/aromatic N) is 1. The zero-order chi connectivity index (χ0) is 16.3. The van der Waals surface area contributed by atoms with Gasteiger partial charge in [0.05, 0.1) is 13.1 Å². The average Bonchev–Trinajstić information content (AvgIpc) is 3.16. The zero-order valence-corrected chi connectivity index (χ0v) is 14.1. The second-order valence-electron chi connectivity index (χ2n) is 6.16. The number of benzene rings is 1. The number of β-amino-alcohol motifs (C(OH)–C–C–N with tert-alkyl or cyclic N) is 1. The van der Waals surface area contributed by atoms with Crippen LogP contribution in [-0.4, -0.2) is 35.5 Å². The highest BCUT2D eigenvalue weighted by Gasteiger charge is 2.38. The first-order valence-corrected chi connectivity index (χ1v) is 8.75. The van der Waals surface area contributed by atoms with Gasteiger partial charge >= 0.3 is 0 Å². The number of thiophene rings is 1. The zero-order valence-electron chi connectivity index (χ0n) is 13.3.